The molecule has 0 aromatic carbocycles. The van der Waals surface area contributed by atoms with E-state index < -0.39 is 0 Å². The number of nitrogens with one attached hydrogen (secondary N) is 2. The zero-order valence-corrected chi connectivity index (χ0v) is 14.2. The fourth-order valence-electron chi connectivity index (χ4n) is 2.52. The number of nitrogens with zero attached hydrogens (tertiary/aromatic N) is 2. The van der Waals surface area contributed by atoms with E-state index in [0.717, 1.165) is 22.8 Å². The monoisotopic (exact) mass is 308 g/mol. The second-order valence-electron chi connectivity index (χ2n) is 5.82. The minimum Gasteiger partial charge on any atom is -0.358 e. The van der Waals surface area contributed by atoms with E-state index in [1.54, 1.807) is 18.4 Å². The minimum atomic E-state index is -0.168. The van der Waals surface area contributed by atoms with Crippen molar-refractivity contribution in [3.63, 3.8) is 0 Å². The molecule has 2 N–H and O–H groups in total. The molecular weight excluding hydrogens is 284 g/mol. The van der Waals surface area contributed by atoms with Crippen LogP contribution in [0.4, 0.5) is 0 Å². The molecule has 0 radical (unpaired) electrons. The average Bonchev–Trinajstić information content (AvgIpc) is 2.93. The summed E-state index contributed by atoms with van der Waals surface area (Å²) in [6, 6.07) is -0.168. The van der Waals surface area contributed by atoms with Gasteiger partial charge < -0.3 is 10.6 Å². The Balaban J connectivity index is 2.17. The molecule has 2 rings (SSSR count). The highest BCUT2D eigenvalue weighted by atomic mass is 32.1. The first kappa shape index (κ1) is 16.0. The molecule has 1 unspecified atom stereocenters. The maximum Gasteiger partial charge on any atom is 0.236 e. The second kappa shape index (κ2) is 6.58. The largest absolute Gasteiger partial charge is 0.358 e. The molecule has 0 spiro atoms. The van der Waals surface area contributed by atoms with Crippen molar-refractivity contribution in [2.75, 3.05) is 7.05 Å². The number of amides is 1. The summed E-state index contributed by atoms with van der Waals surface area (Å²) in [5.41, 5.74) is 3.35. The van der Waals surface area contributed by atoms with Crippen LogP contribution in [0.2, 0.25) is 0 Å². The normalized spacial score (nSPS) is 13.0. The molecule has 0 saturated carbocycles. The van der Waals surface area contributed by atoms with Crippen LogP contribution >= 0.6 is 11.3 Å². The van der Waals surface area contributed by atoms with Gasteiger partial charge in [0.1, 0.15) is 0 Å². The van der Waals surface area contributed by atoms with Crippen molar-refractivity contribution >= 4 is 22.2 Å². The van der Waals surface area contributed by atoms with Gasteiger partial charge in [-0.1, -0.05) is 13.8 Å². The Bertz CT molecular complexity index is 629. The lowest BCUT2D eigenvalue weighted by Crippen LogP contribution is -2.43. The highest BCUT2D eigenvalue weighted by Gasteiger charge is 2.20. The topological polar surface area (TPSA) is 58.4 Å². The van der Waals surface area contributed by atoms with Crippen molar-refractivity contribution in [2.24, 2.45) is 5.92 Å². The molecule has 116 valence electrons. The van der Waals surface area contributed by atoms with Crippen LogP contribution in [-0.4, -0.2) is 28.4 Å². The van der Waals surface area contributed by atoms with Gasteiger partial charge in [0.15, 0.2) is 4.96 Å². The fraction of sp³-hybridized carbons (Fsp3) is 0.600. The van der Waals surface area contributed by atoms with E-state index in [1.165, 1.54) is 5.69 Å². The summed E-state index contributed by atoms with van der Waals surface area (Å²) in [6.07, 6.45) is 0.823. The molecule has 0 aliphatic rings. The maximum absolute atomic E-state index is 12.0. The summed E-state index contributed by atoms with van der Waals surface area (Å²) in [5.74, 6) is 0.512. The molecule has 1 atom stereocenters. The fourth-order valence-corrected chi connectivity index (χ4v) is 3.45. The predicted octanol–water partition coefficient (Wildman–Crippen LogP) is 2.26. The van der Waals surface area contributed by atoms with Crippen molar-refractivity contribution in [3.8, 4) is 0 Å². The Hall–Kier alpha value is -1.40. The number of aromatic nitrogens is 2. The number of fused-ring (bicyclic) bond motifs is 1. The van der Waals surface area contributed by atoms with Crippen LogP contribution in [0, 0.1) is 19.8 Å². The zero-order valence-electron chi connectivity index (χ0n) is 13.4. The molecule has 6 heteroatoms. The van der Waals surface area contributed by atoms with E-state index in [9.17, 15) is 4.79 Å². The average molecular weight is 308 g/mol. The van der Waals surface area contributed by atoms with Crippen LogP contribution in [0.1, 0.15) is 37.4 Å². The molecule has 0 aliphatic carbocycles. The van der Waals surface area contributed by atoms with E-state index in [-0.39, 0.29) is 11.9 Å². The Morgan fingerprint density at radius 3 is 2.76 bits per heavy atom. The number of carbonyl (C=O) groups excluding carboxylic acids is 1. The first-order valence-electron chi connectivity index (χ1n) is 7.31. The Labute approximate surface area is 129 Å². The Kier molecular flexibility index (Phi) is 5.00. The van der Waals surface area contributed by atoms with Crippen LogP contribution in [0.3, 0.4) is 0 Å². The van der Waals surface area contributed by atoms with Gasteiger partial charge in [0, 0.05) is 24.7 Å². The van der Waals surface area contributed by atoms with E-state index in [1.807, 2.05) is 6.92 Å². The summed E-state index contributed by atoms with van der Waals surface area (Å²) >= 11 is 1.65. The molecule has 0 saturated heterocycles. The SMILES string of the molecule is CNC(=O)C(CC(C)C)NCc1c(C)nc2scc(C)n12. The number of rotatable bonds is 6. The molecule has 5 nitrogen and oxygen atoms in total. The first-order valence-corrected chi connectivity index (χ1v) is 8.19. The summed E-state index contributed by atoms with van der Waals surface area (Å²) in [5, 5.41) is 8.23. The van der Waals surface area contributed by atoms with Gasteiger partial charge in [-0.15, -0.1) is 11.3 Å². The zero-order chi connectivity index (χ0) is 15.6. The summed E-state index contributed by atoms with van der Waals surface area (Å²) in [7, 11) is 1.68. The molecule has 0 aliphatic heterocycles. The third-order valence-corrected chi connectivity index (χ3v) is 4.56. The van der Waals surface area contributed by atoms with Gasteiger partial charge in [-0.2, -0.15) is 0 Å². The van der Waals surface area contributed by atoms with Gasteiger partial charge in [0.2, 0.25) is 5.91 Å². The highest BCUT2D eigenvalue weighted by molar-refractivity contribution is 7.15. The van der Waals surface area contributed by atoms with Crippen LogP contribution < -0.4 is 10.6 Å². The molecular formula is C15H24N4OS. The third-order valence-electron chi connectivity index (χ3n) is 3.62. The van der Waals surface area contributed by atoms with Crippen molar-refractivity contribution < 1.29 is 4.79 Å². The number of hydrogen-bond acceptors (Lipinski definition) is 4. The first-order chi connectivity index (χ1) is 9.93. The standard InChI is InChI=1S/C15H24N4OS/c1-9(2)6-12(14(20)16-5)17-7-13-11(4)18-15-19(13)10(3)8-21-15/h8-9,12,17H,6-7H2,1-5H3,(H,16,20). The Morgan fingerprint density at radius 2 is 2.14 bits per heavy atom. The number of carbonyl (C=O) groups is 1. The maximum atomic E-state index is 12.0. The quantitative estimate of drug-likeness (QED) is 0.860. The minimum absolute atomic E-state index is 0.0455. The van der Waals surface area contributed by atoms with Crippen LogP contribution in [0.25, 0.3) is 4.96 Å². The number of aryl methyl sites for hydroxylation is 2. The Morgan fingerprint density at radius 1 is 1.43 bits per heavy atom. The molecule has 2 heterocycles. The number of hydrogen-bond donors (Lipinski definition) is 2. The number of thiazole rings is 1. The van der Waals surface area contributed by atoms with Gasteiger partial charge in [-0.05, 0) is 26.2 Å². The summed E-state index contributed by atoms with van der Waals surface area (Å²) in [6.45, 7) is 9.01. The van der Waals surface area contributed by atoms with Gasteiger partial charge in [0.25, 0.3) is 0 Å². The van der Waals surface area contributed by atoms with Crippen molar-refractivity contribution in [1.29, 1.82) is 0 Å². The van der Waals surface area contributed by atoms with Crippen molar-refractivity contribution in [3.05, 3.63) is 22.5 Å². The number of imidazole rings is 1. The van der Waals surface area contributed by atoms with Gasteiger partial charge in [0.05, 0.1) is 17.4 Å². The van der Waals surface area contributed by atoms with Crippen LogP contribution in [0.15, 0.2) is 5.38 Å². The van der Waals surface area contributed by atoms with Gasteiger partial charge in [-0.3, -0.25) is 9.20 Å². The van der Waals surface area contributed by atoms with Crippen molar-refractivity contribution in [1.82, 2.24) is 20.0 Å². The molecule has 21 heavy (non-hydrogen) atoms. The predicted molar refractivity (Wildman–Crippen MR) is 86.7 cm³/mol. The molecule has 2 aromatic heterocycles. The summed E-state index contributed by atoms with van der Waals surface area (Å²) in [4.78, 5) is 17.6. The molecule has 0 fully saturated rings. The van der Waals surface area contributed by atoms with Crippen LogP contribution in [-0.2, 0) is 11.3 Å². The van der Waals surface area contributed by atoms with E-state index >= 15 is 0 Å². The summed E-state index contributed by atoms with van der Waals surface area (Å²) < 4.78 is 2.17. The van der Waals surface area contributed by atoms with Crippen molar-refractivity contribution in [2.45, 2.75) is 46.7 Å². The molecule has 2 aromatic rings. The molecule has 0 bridgehead atoms. The van der Waals surface area contributed by atoms with Gasteiger partial charge >= 0.3 is 0 Å². The number of likely N-dealkylation sites (N-methyl/N-ethyl adjacent to an activating group) is 1. The molecule has 1 amide bonds. The lowest BCUT2D eigenvalue weighted by atomic mass is 10.0. The van der Waals surface area contributed by atoms with E-state index in [2.05, 4.69) is 46.2 Å². The highest BCUT2D eigenvalue weighted by Crippen LogP contribution is 2.20. The van der Waals surface area contributed by atoms with Crippen LogP contribution in [0.5, 0.6) is 0 Å². The van der Waals surface area contributed by atoms with Gasteiger partial charge in [-0.25, -0.2) is 4.98 Å². The smallest absolute Gasteiger partial charge is 0.236 e. The third kappa shape index (κ3) is 3.44. The van der Waals surface area contributed by atoms with E-state index in [4.69, 9.17) is 0 Å². The second-order valence-corrected chi connectivity index (χ2v) is 6.65. The van der Waals surface area contributed by atoms with E-state index in [0.29, 0.717) is 12.5 Å². The lowest BCUT2D eigenvalue weighted by Gasteiger charge is -2.19. The lowest BCUT2D eigenvalue weighted by molar-refractivity contribution is -0.123.